The first-order valence-electron chi connectivity index (χ1n) is 4.58. The molecule has 0 radical (unpaired) electrons. The third-order valence-electron chi connectivity index (χ3n) is 1.90. The van der Waals surface area contributed by atoms with Crippen LogP contribution in [-0.2, 0) is 0 Å². The summed E-state index contributed by atoms with van der Waals surface area (Å²) in [6.07, 6.45) is 1.50. The molecule has 0 saturated carbocycles. The molecule has 0 aliphatic heterocycles. The van der Waals surface area contributed by atoms with Crippen LogP contribution in [0.15, 0.2) is 40.7 Å². The molecular formula is C12H10N4. The predicted molar refractivity (Wildman–Crippen MR) is 61.2 cm³/mol. The highest BCUT2D eigenvalue weighted by molar-refractivity contribution is 5.80. The van der Waals surface area contributed by atoms with Gasteiger partial charge in [0.15, 0.2) is 5.70 Å². The molecule has 1 aromatic rings. The molecule has 78 valence electrons. The highest BCUT2D eigenvalue weighted by atomic mass is 14.8. The molecule has 0 spiro atoms. The molecule has 2 N–H and O–H groups in total. The number of hydrogen-bond donors (Lipinski definition) is 1. The van der Waals surface area contributed by atoms with Gasteiger partial charge in [-0.25, -0.2) is 4.99 Å². The molecule has 1 rings (SSSR count). The monoisotopic (exact) mass is 210 g/mol. The number of allylic oxidation sites excluding steroid dienone is 2. The van der Waals surface area contributed by atoms with Crippen molar-refractivity contribution in [2.45, 2.75) is 6.92 Å². The lowest BCUT2D eigenvalue weighted by Crippen LogP contribution is -1.97. The van der Waals surface area contributed by atoms with Crippen LogP contribution in [0.1, 0.15) is 11.1 Å². The summed E-state index contributed by atoms with van der Waals surface area (Å²) in [6, 6.07) is 11.1. The lowest BCUT2D eigenvalue weighted by atomic mass is 10.2. The third kappa shape index (κ3) is 2.97. The molecule has 0 aliphatic rings. The molecule has 1 aromatic carbocycles. The van der Waals surface area contributed by atoms with Crippen molar-refractivity contribution in [1.82, 2.24) is 0 Å². The van der Waals surface area contributed by atoms with Crippen molar-refractivity contribution in [3.05, 3.63) is 46.8 Å². The Kier molecular flexibility index (Phi) is 3.83. The van der Waals surface area contributed by atoms with Gasteiger partial charge in [-0.15, -0.1) is 0 Å². The van der Waals surface area contributed by atoms with Gasteiger partial charge in [-0.2, -0.15) is 10.5 Å². The number of nitrogens with two attached hydrogens (primary N) is 1. The van der Waals surface area contributed by atoms with Gasteiger partial charge in [0, 0.05) is 6.21 Å². The van der Waals surface area contributed by atoms with Crippen molar-refractivity contribution in [3.63, 3.8) is 0 Å². The van der Waals surface area contributed by atoms with E-state index in [1.807, 2.05) is 31.2 Å². The van der Waals surface area contributed by atoms with E-state index in [-0.39, 0.29) is 11.4 Å². The fraction of sp³-hybridized carbons (Fsp3) is 0.0833. The summed E-state index contributed by atoms with van der Waals surface area (Å²) in [6.45, 7) is 1.98. The Morgan fingerprint density at radius 3 is 2.38 bits per heavy atom. The zero-order chi connectivity index (χ0) is 12.0. The molecule has 0 atom stereocenters. The van der Waals surface area contributed by atoms with Crippen molar-refractivity contribution < 1.29 is 0 Å². The molecule has 0 fully saturated rings. The minimum atomic E-state index is -0.175. The number of aliphatic imine (C=N–C) groups is 1. The molecular weight excluding hydrogens is 200 g/mol. The maximum Gasteiger partial charge on any atom is 0.174 e. The summed E-state index contributed by atoms with van der Waals surface area (Å²) in [5.74, 6) is 0. The van der Waals surface area contributed by atoms with E-state index < -0.39 is 0 Å². The van der Waals surface area contributed by atoms with E-state index >= 15 is 0 Å². The average molecular weight is 210 g/mol. The molecule has 0 heterocycles. The maximum absolute atomic E-state index is 8.70. The number of rotatable bonds is 2. The van der Waals surface area contributed by atoms with Gasteiger partial charge in [-0.05, 0) is 12.5 Å². The van der Waals surface area contributed by atoms with E-state index in [1.54, 1.807) is 12.1 Å². The highest BCUT2D eigenvalue weighted by Gasteiger charge is 1.98. The van der Waals surface area contributed by atoms with Crippen LogP contribution in [0, 0.1) is 29.6 Å². The van der Waals surface area contributed by atoms with E-state index in [0.717, 1.165) is 11.1 Å². The molecule has 0 saturated heterocycles. The van der Waals surface area contributed by atoms with E-state index in [0.29, 0.717) is 0 Å². The molecule has 0 aliphatic carbocycles. The van der Waals surface area contributed by atoms with Gasteiger partial charge in [0.25, 0.3) is 0 Å². The normalized spacial score (nSPS) is 11.7. The van der Waals surface area contributed by atoms with Gasteiger partial charge in [0.05, 0.1) is 0 Å². The quantitative estimate of drug-likeness (QED) is 0.594. The number of benzene rings is 1. The van der Waals surface area contributed by atoms with E-state index in [1.165, 1.54) is 6.21 Å². The van der Waals surface area contributed by atoms with Gasteiger partial charge < -0.3 is 5.73 Å². The molecule has 0 aromatic heterocycles. The van der Waals surface area contributed by atoms with Gasteiger partial charge in [0.1, 0.15) is 17.8 Å². The fourth-order valence-corrected chi connectivity index (χ4v) is 1.00. The van der Waals surface area contributed by atoms with Crippen molar-refractivity contribution in [2.24, 2.45) is 10.7 Å². The molecule has 4 nitrogen and oxygen atoms in total. The minimum Gasteiger partial charge on any atom is -0.388 e. The van der Waals surface area contributed by atoms with E-state index in [2.05, 4.69) is 4.99 Å². The Labute approximate surface area is 94.0 Å². The molecule has 0 unspecified atom stereocenters. The van der Waals surface area contributed by atoms with Crippen molar-refractivity contribution in [3.8, 4) is 12.1 Å². The summed E-state index contributed by atoms with van der Waals surface area (Å²) in [4.78, 5) is 3.86. The van der Waals surface area contributed by atoms with Crippen LogP contribution >= 0.6 is 0 Å². The second kappa shape index (κ2) is 5.33. The summed E-state index contributed by atoms with van der Waals surface area (Å²) >= 11 is 0. The van der Waals surface area contributed by atoms with Crippen LogP contribution in [-0.4, -0.2) is 6.21 Å². The first-order chi connectivity index (χ1) is 7.67. The van der Waals surface area contributed by atoms with Crippen LogP contribution in [0.5, 0.6) is 0 Å². The Morgan fingerprint density at radius 1 is 1.25 bits per heavy atom. The summed E-state index contributed by atoms with van der Waals surface area (Å²) in [7, 11) is 0. The Bertz CT molecular complexity index is 509. The second-order valence-corrected chi connectivity index (χ2v) is 3.15. The van der Waals surface area contributed by atoms with E-state index in [4.69, 9.17) is 16.3 Å². The highest BCUT2D eigenvalue weighted by Crippen LogP contribution is 2.03. The van der Waals surface area contributed by atoms with Crippen LogP contribution < -0.4 is 5.73 Å². The SMILES string of the molecule is Cc1ccc(C=N/C(C#N)=C(/N)C#N)cc1. The Balaban J connectivity index is 2.94. The average Bonchev–Trinajstić information content (AvgIpc) is 2.31. The van der Waals surface area contributed by atoms with Crippen LogP contribution in [0.3, 0.4) is 0 Å². The standard InChI is InChI=1S/C12H10N4/c1-9-2-4-10(5-3-9)8-16-12(7-14)11(15)6-13/h2-5,8H,15H2,1H3/b12-11+,16-8?. The zero-order valence-electron chi connectivity index (χ0n) is 8.81. The molecule has 0 amide bonds. The number of hydrogen-bond acceptors (Lipinski definition) is 4. The lowest BCUT2D eigenvalue weighted by Gasteiger charge is -1.94. The van der Waals surface area contributed by atoms with Crippen LogP contribution in [0.2, 0.25) is 0 Å². The lowest BCUT2D eigenvalue weighted by molar-refractivity contribution is 1.27. The van der Waals surface area contributed by atoms with Crippen LogP contribution in [0.4, 0.5) is 0 Å². The number of nitrogens with zero attached hydrogens (tertiary/aromatic N) is 3. The fourth-order valence-electron chi connectivity index (χ4n) is 1.00. The first kappa shape index (κ1) is 11.5. The summed E-state index contributed by atoms with van der Waals surface area (Å²) in [5.41, 5.74) is 7.05. The van der Waals surface area contributed by atoms with E-state index in [9.17, 15) is 0 Å². The maximum atomic E-state index is 8.70. The first-order valence-corrected chi connectivity index (χ1v) is 4.58. The zero-order valence-corrected chi connectivity index (χ0v) is 8.81. The Morgan fingerprint density at radius 2 is 1.88 bits per heavy atom. The smallest absolute Gasteiger partial charge is 0.174 e. The summed E-state index contributed by atoms with van der Waals surface area (Å²) in [5, 5.41) is 17.2. The minimum absolute atomic E-state index is 0.0666. The third-order valence-corrected chi connectivity index (χ3v) is 1.90. The van der Waals surface area contributed by atoms with Crippen molar-refractivity contribution in [1.29, 1.82) is 10.5 Å². The van der Waals surface area contributed by atoms with Gasteiger partial charge in [0.2, 0.25) is 0 Å². The Hall–Kier alpha value is -2.59. The summed E-state index contributed by atoms with van der Waals surface area (Å²) < 4.78 is 0. The van der Waals surface area contributed by atoms with Gasteiger partial charge in [-0.3, -0.25) is 0 Å². The number of aryl methyl sites for hydroxylation is 1. The largest absolute Gasteiger partial charge is 0.388 e. The van der Waals surface area contributed by atoms with Gasteiger partial charge in [-0.1, -0.05) is 29.8 Å². The van der Waals surface area contributed by atoms with Crippen LogP contribution in [0.25, 0.3) is 0 Å². The molecule has 16 heavy (non-hydrogen) atoms. The van der Waals surface area contributed by atoms with Crippen molar-refractivity contribution in [2.75, 3.05) is 0 Å². The van der Waals surface area contributed by atoms with Gasteiger partial charge >= 0.3 is 0 Å². The predicted octanol–water partition coefficient (Wildman–Crippen LogP) is 1.63. The van der Waals surface area contributed by atoms with Crippen molar-refractivity contribution >= 4 is 6.21 Å². The molecule has 0 bridgehead atoms. The molecule has 4 heteroatoms. The topological polar surface area (TPSA) is 86.0 Å². The second-order valence-electron chi connectivity index (χ2n) is 3.15. The number of nitriles is 2.